The first-order valence-electron chi connectivity index (χ1n) is 8.04. The van der Waals surface area contributed by atoms with Crippen molar-refractivity contribution in [2.45, 2.75) is 32.7 Å². The average Bonchev–Trinajstić information content (AvgIpc) is 3.29. The number of carbonyl (C=O) groups is 2. The molecule has 0 saturated carbocycles. The number of nitrogens with zero attached hydrogens (tertiary/aromatic N) is 2. The molecule has 3 heterocycles. The number of benzene rings is 1. The molecule has 0 atom stereocenters. The van der Waals surface area contributed by atoms with Gasteiger partial charge in [-0.2, -0.15) is 0 Å². The quantitative estimate of drug-likeness (QED) is 0.740. The molecule has 6 heteroatoms. The van der Waals surface area contributed by atoms with Gasteiger partial charge in [-0.15, -0.1) is 11.3 Å². The van der Waals surface area contributed by atoms with Crippen LogP contribution in [0.3, 0.4) is 0 Å². The molecule has 122 valence electrons. The number of nitrogens with one attached hydrogen (secondary N) is 1. The minimum absolute atomic E-state index is 0.101. The Labute approximate surface area is 143 Å². The number of rotatable bonds is 4. The fourth-order valence-corrected chi connectivity index (χ4v) is 3.95. The molecule has 0 spiro atoms. The number of likely N-dealkylation sites (tertiary alicyclic amines) is 1. The number of hydrogen-bond donors (Lipinski definition) is 1. The number of hydrogen-bond acceptors (Lipinski definition) is 4. The van der Waals surface area contributed by atoms with Crippen LogP contribution >= 0.6 is 11.3 Å². The van der Waals surface area contributed by atoms with E-state index in [2.05, 4.69) is 35.1 Å². The summed E-state index contributed by atoms with van der Waals surface area (Å²) in [5, 5.41) is 3.93. The Kier molecular flexibility index (Phi) is 3.69. The monoisotopic (exact) mass is 339 g/mol. The third-order valence-electron chi connectivity index (χ3n) is 4.46. The maximum atomic E-state index is 11.7. The topological polar surface area (TPSA) is 66.1 Å². The number of para-hydroxylation sites is 1. The van der Waals surface area contributed by atoms with E-state index >= 15 is 0 Å². The Bertz CT molecular complexity index is 925. The number of aromatic amines is 1. The normalized spacial score (nSPS) is 15.0. The molecular weight excluding hydrogens is 322 g/mol. The zero-order valence-electron chi connectivity index (χ0n) is 13.3. The van der Waals surface area contributed by atoms with Gasteiger partial charge in [-0.25, -0.2) is 4.98 Å². The van der Waals surface area contributed by atoms with Crippen molar-refractivity contribution in [2.75, 3.05) is 0 Å². The molecular formula is C18H17N3O2S. The second-order valence-electron chi connectivity index (χ2n) is 5.90. The second-order valence-corrected chi connectivity index (χ2v) is 6.84. The SMILES string of the molecule is CCc1cccc2c(-c3csc(CN4C(=O)CCC4=O)n3)c[nH]c12. The van der Waals surface area contributed by atoms with Crippen molar-refractivity contribution in [3.63, 3.8) is 0 Å². The van der Waals surface area contributed by atoms with Crippen molar-refractivity contribution in [1.29, 1.82) is 0 Å². The van der Waals surface area contributed by atoms with Gasteiger partial charge in [0.25, 0.3) is 0 Å². The van der Waals surface area contributed by atoms with Crippen LogP contribution in [0.1, 0.15) is 30.3 Å². The summed E-state index contributed by atoms with van der Waals surface area (Å²) in [4.78, 5) is 32.8. The maximum Gasteiger partial charge on any atom is 0.230 e. The van der Waals surface area contributed by atoms with Crippen LogP contribution in [0.2, 0.25) is 0 Å². The molecule has 3 aromatic rings. The number of H-pyrrole nitrogens is 1. The van der Waals surface area contributed by atoms with E-state index in [0.717, 1.165) is 33.6 Å². The Morgan fingerprint density at radius 3 is 2.79 bits per heavy atom. The lowest BCUT2D eigenvalue weighted by Gasteiger charge is -2.10. The van der Waals surface area contributed by atoms with Crippen molar-refractivity contribution >= 4 is 34.1 Å². The van der Waals surface area contributed by atoms with Crippen molar-refractivity contribution in [3.05, 3.63) is 40.3 Å². The highest BCUT2D eigenvalue weighted by Gasteiger charge is 2.29. The van der Waals surface area contributed by atoms with Crippen molar-refractivity contribution < 1.29 is 9.59 Å². The highest BCUT2D eigenvalue weighted by Crippen LogP contribution is 2.31. The molecule has 1 aliphatic rings. The van der Waals surface area contributed by atoms with Crippen LogP contribution in [0.4, 0.5) is 0 Å². The van der Waals surface area contributed by atoms with Gasteiger partial charge in [-0.05, 0) is 12.0 Å². The summed E-state index contributed by atoms with van der Waals surface area (Å²) in [7, 11) is 0. The largest absolute Gasteiger partial charge is 0.360 e. The van der Waals surface area contributed by atoms with Gasteiger partial charge in [-0.3, -0.25) is 14.5 Å². The van der Waals surface area contributed by atoms with E-state index < -0.39 is 0 Å². The van der Waals surface area contributed by atoms with Gasteiger partial charge in [0, 0.05) is 40.9 Å². The minimum Gasteiger partial charge on any atom is -0.360 e. The van der Waals surface area contributed by atoms with Gasteiger partial charge in [0.15, 0.2) is 0 Å². The highest BCUT2D eigenvalue weighted by molar-refractivity contribution is 7.10. The minimum atomic E-state index is -0.101. The van der Waals surface area contributed by atoms with Crippen molar-refractivity contribution in [1.82, 2.24) is 14.9 Å². The van der Waals surface area contributed by atoms with Crippen LogP contribution in [-0.4, -0.2) is 26.7 Å². The fourth-order valence-electron chi connectivity index (χ4n) is 3.17. The number of aromatic nitrogens is 2. The number of amides is 2. The summed E-state index contributed by atoms with van der Waals surface area (Å²) in [6, 6.07) is 6.28. The Morgan fingerprint density at radius 1 is 1.25 bits per heavy atom. The molecule has 24 heavy (non-hydrogen) atoms. The van der Waals surface area contributed by atoms with Crippen LogP contribution in [0.25, 0.3) is 22.2 Å². The number of imide groups is 1. The lowest BCUT2D eigenvalue weighted by atomic mass is 10.1. The van der Waals surface area contributed by atoms with E-state index in [1.165, 1.54) is 21.8 Å². The van der Waals surface area contributed by atoms with Crippen LogP contribution in [0.15, 0.2) is 29.8 Å². The number of carbonyl (C=O) groups excluding carboxylic acids is 2. The molecule has 1 saturated heterocycles. The van der Waals surface area contributed by atoms with E-state index in [9.17, 15) is 9.59 Å². The van der Waals surface area contributed by atoms with Gasteiger partial charge < -0.3 is 4.98 Å². The van der Waals surface area contributed by atoms with Crippen LogP contribution < -0.4 is 0 Å². The maximum absolute atomic E-state index is 11.7. The van der Waals surface area contributed by atoms with Crippen LogP contribution in [0.5, 0.6) is 0 Å². The number of fused-ring (bicyclic) bond motifs is 1. The van der Waals surface area contributed by atoms with E-state index in [1.807, 2.05) is 11.6 Å². The fraction of sp³-hybridized carbons (Fsp3) is 0.278. The lowest BCUT2D eigenvalue weighted by Crippen LogP contribution is -2.28. The molecule has 1 N–H and O–H groups in total. The molecule has 4 rings (SSSR count). The van der Waals surface area contributed by atoms with E-state index in [1.54, 1.807) is 0 Å². The predicted molar refractivity (Wildman–Crippen MR) is 93.6 cm³/mol. The Hall–Kier alpha value is -2.47. The summed E-state index contributed by atoms with van der Waals surface area (Å²) < 4.78 is 0. The molecule has 0 unspecified atom stereocenters. The molecule has 1 aliphatic heterocycles. The van der Waals surface area contributed by atoms with E-state index in [-0.39, 0.29) is 18.4 Å². The van der Waals surface area contributed by atoms with Crippen molar-refractivity contribution in [2.24, 2.45) is 0 Å². The first kappa shape index (κ1) is 15.1. The predicted octanol–water partition coefficient (Wildman–Crippen LogP) is 3.50. The van der Waals surface area contributed by atoms with Gasteiger partial charge >= 0.3 is 0 Å². The first-order chi connectivity index (χ1) is 11.7. The first-order valence-corrected chi connectivity index (χ1v) is 8.92. The summed E-state index contributed by atoms with van der Waals surface area (Å²) in [5.74, 6) is -0.201. The molecule has 0 aliphatic carbocycles. The summed E-state index contributed by atoms with van der Waals surface area (Å²) in [6.07, 6.45) is 3.59. The van der Waals surface area contributed by atoms with Gasteiger partial charge in [0.2, 0.25) is 11.8 Å². The number of thiazole rings is 1. The standard InChI is InChI=1S/C18H17N3O2S/c1-2-11-4-3-5-12-13(8-19-18(11)12)14-10-24-15(20-14)9-21-16(22)6-7-17(21)23/h3-5,8,10,19H,2,6-7,9H2,1H3. The van der Waals surface area contributed by atoms with E-state index in [4.69, 9.17) is 0 Å². The third-order valence-corrected chi connectivity index (χ3v) is 5.29. The Balaban J connectivity index is 1.66. The summed E-state index contributed by atoms with van der Waals surface area (Å²) >= 11 is 1.49. The van der Waals surface area contributed by atoms with Crippen molar-refractivity contribution in [3.8, 4) is 11.3 Å². The second kappa shape index (κ2) is 5.87. The molecule has 0 radical (unpaired) electrons. The van der Waals surface area contributed by atoms with Crippen LogP contribution in [-0.2, 0) is 22.6 Å². The van der Waals surface area contributed by atoms with E-state index in [0.29, 0.717) is 12.8 Å². The zero-order chi connectivity index (χ0) is 16.7. The number of aryl methyl sites for hydroxylation is 1. The lowest BCUT2D eigenvalue weighted by molar-refractivity contribution is -0.139. The molecule has 2 aromatic heterocycles. The molecule has 5 nitrogen and oxygen atoms in total. The zero-order valence-corrected chi connectivity index (χ0v) is 14.2. The smallest absolute Gasteiger partial charge is 0.230 e. The third kappa shape index (κ3) is 2.43. The van der Waals surface area contributed by atoms with Gasteiger partial charge in [0.05, 0.1) is 12.2 Å². The average molecular weight is 339 g/mol. The van der Waals surface area contributed by atoms with Gasteiger partial charge in [-0.1, -0.05) is 25.1 Å². The molecule has 1 aromatic carbocycles. The molecule has 1 fully saturated rings. The molecule has 2 amide bonds. The Morgan fingerprint density at radius 2 is 2.04 bits per heavy atom. The summed E-state index contributed by atoms with van der Waals surface area (Å²) in [6.45, 7) is 2.42. The van der Waals surface area contributed by atoms with Gasteiger partial charge in [0.1, 0.15) is 5.01 Å². The van der Waals surface area contributed by atoms with Crippen LogP contribution in [0, 0.1) is 0 Å². The summed E-state index contributed by atoms with van der Waals surface area (Å²) in [5.41, 5.74) is 4.37. The highest BCUT2D eigenvalue weighted by atomic mass is 32.1. The molecule has 0 bridgehead atoms.